The summed E-state index contributed by atoms with van der Waals surface area (Å²) in [5.41, 5.74) is 1.16. The number of anilines is 1. The molecular formula is C13H14N4O3. The van der Waals surface area contributed by atoms with Crippen molar-refractivity contribution in [3.63, 3.8) is 0 Å². The topological polar surface area (TPSA) is 82.2 Å². The molecule has 7 heteroatoms. The van der Waals surface area contributed by atoms with Gasteiger partial charge in [-0.1, -0.05) is 0 Å². The number of fused-ring (bicyclic) bond motifs is 1. The van der Waals surface area contributed by atoms with Crippen LogP contribution in [0.1, 0.15) is 25.6 Å². The number of nitrogens with zero attached hydrogens (tertiary/aromatic N) is 3. The van der Waals surface area contributed by atoms with Crippen molar-refractivity contribution in [1.82, 2.24) is 14.8 Å². The number of furan rings is 1. The quantitative estimate of drug-likeness (QED) is 0.858. The molecule has 1 aliphatic rings. The van der Waals surface area contributed by atoms with Crippen LogP contribution in [0, 0.1) is 0 Å². The largest absolute Gasteiger partial charge is 0.467 e. The maximum absolute atomic E-state index is 12.2. The highest BCUT2D eigenvalue weighted by molar-refractivity contribution is 5.92. The highest BCUT2D eigenvalue weighted by atomic mass is 16.5. The molecule has 1 aliphatic heterocycles. The number of nitrogens with one attached hydrogen (secondary N) is 1. The third-order valence-electron chi connectivity index (χ3n) is 3.10. The fourth-order valence-electron chi connectivity index (χ4n) is 2.27. The molecule has 0 aliphatic carbocycles. The lowest BCUT2D eigenvalue weighted by atomic mass is 10.0. The van der Waals surface area contributed by atoms with Gasteiger partial charge in [0.05, 0.1) is 18.4 Å². The number of allylic oxidation sites excluding steroid dienone is 1. The second-order valence-electron chi connectivity index (χ2n) is 4.33. The SMILES string of the molecule is CCOC(=O)C1=C(C)Nc2ncnn2C1c1ccco1. The van der Waals surface area contributed by atoms with Crippen LogP contribution >= 0.6 is 0 Å². The molecule has 1 atom stereocenters. The summed E-state index contributed by atoms with van der Waals surface area (Å²) < 4.78 is 12.2. The fraction of sp³-hybridized carbons (Fsp3) is 0.308. The van der Waals surface area contributed by atoms with Gasteiger partial charge in [-0.05, 0) is 26.0 Å². The first kappa shape index (κ1) is 12.5. The van der Waals surface area contributed by atoms with Gasteiger partial charge in [0.2, 0.25) is 5.95 Å². The monoisotopic (exact) mass is 274 g/mol. The highest BCUT2D eigenvalue weighted by Crippen LogP contribution is 2.35. The Morgan fingerprint density at radius 2 is 2.45 bits per heavy atom. The molecule has 0 aromatic carbocycles. The second kappa shape index (κ2) is 4.84. The molecule has 3 rings (SSSR count). The van der Waals surface area contributed by atoms with Gasteiger partial charge in [-0.25, -0.2) is 9.48 Å². The number of rotatable bonds is 3. The molecule has 0 bridgehead atoms. The lowest BCUT2D eigenvalue weighted by molar-refractivity contribution is -0.139. The molecule has 0 amide bonds. The normalized spacial score (nSPS) is 17.6. The third kappa shape index (κ3) is 1.87. The zero-order valence-corrected chi connectivity index (χ0v) is 11.2. The van der Waals surface area contributed by atoms with Gasteiger partial charge < -0.3 is 14.5 Å². The Hall–Kier alpha value is -2.57. The van der Waals surface area contributed by atoms with Crippen molar-refractivity contribution >= 4 is 11.9 Å². The minimum absolute atomic E-state index is 0.310. The Labute approximate surface area is 115 Å². The van der Waals surface area contributed by atoms with E-state index < -0.39 is 6.04 Å². The lowest BCUT2D eigenvalue weighted by Crippen LogP contribution is -2.29. The van der Waals surface area contributed by atoms with E-state index >= 15 is 0 Å². The van der Waals surface area contributed by atoms with Crippen LogP contribution in [-0.2, 0) is 9.53 Å². The lowest BCUT2D eigenvalue weighted by Gasteiger charge is -2.26. The van der Waals surface area contributed by atoms with E-state index in [9.17, 15) is 4.79 Å². The number of ether oxygens (including phenoxy) is 1. The first-order valence-electron chi connectivity index (χ1n) is 6.30. The molecule has 0 saturated carbocycles. The molecule has 2 aromatic heterocycles. The van der Waals surface area contributed by atoms with Crippen LogP contribution in [0.3, 0.4) is 0 Å². The number of esters is 1. The summed E-state index contributed by atoms with van der Waals surface area (Å²) in [7, 11) is 0. The van der Waals surface area contributed by atoms with Gasteiger partial charge >= 0.3 is 5.97 Å². The molecule has 0 radical (unpaired) electrons. The van der Waals surface area contributed by atoms with Crippen molar-refractivity contribution in [2.24, 2.45) is 0 Å². The van der Waals surface area contributed by atoms with Crippen LogP contribution < -0.4 is 5.32 Å². The Kier molecular flexibility index (Phi) is 3.02. The minimum Gasteiger partial charge on any atom is -0.467 e. The number of carbonyl (C=O) groups excluding carboxylic acids is 1. The number of hydrogen-bond acceptors (Lipinski definition) is 6. The Bertz CT molecular complexity index is 657. The molecule has 1 N–H and O–H groups in total. The van der Waals surface area contributed by atoms with E-state index in [1.807, 2.05) is 0 Å². The first-order chi connectivity index (χ1) is 9.72. The van der Waals surface area contributed by atoms with E-state index in [0.717, 1.165) is 0 Å². The Morgan fingerprint density at radius 3 is 3.15 bits per heavy atom. The van der Waals surface area contributed by atoms with Crippen molar-refractivity contribution in [2.45, 2.75) is 19.9 Å². The molecule has 0 saturated heterocycles. The summed E-state index contributed by atoms with van der Waals surface area (Å²) in [4.78, 5) is 16.3. The molecule has 3 heterocycles. The zero-order chi connectivity index (χ0) is 14.1. The van der Waals surface area contributed by atoms with E-state index in [4.69, 9.17) is 9.15 Å². The molecule has 104 valence electrons. The second-order valence-corrected chi connectivity index (χ2v) is 4.33. The summed E-state index contributed by atoms with van der Waals surface area (Å²) in [6.07, 6.45) is 2.99. The smallest absolute Gasteiger partial charge is 0.338 e. The van der Waals surface area contributed by atoms with E-state index in [2.05, 4.69) is 15.4 Å². The van der Waals surface area contributed by atoms with Crippen molar-refractivity contribution < 1.29 is 13.9 Å². The average Bonchev–Trinajstić information content (AvgIpc) is 3.07. The summed E-state index contributed by atoms with van der Waals surface area (Å²) in [6.45, 7) is 3.89. The highest BCUT2D eigenvalue weighted by Gasteiger charge is 2.35. The van der Waals surface area contributed by atoms with E-state index in [1.54, 1.807) is 36.9 Å². The van der Waals surface area contributed by atoms with Gasteiger partial charge in [0.25, 0.3) is 0 Å². The maximum atomic E-state index is 12.2. The Morgan fingerprint density at radius 1 is 1.60 bits per heavy atom. The van der Waals surface area contributed by atoms with Crippen molar-refractivity contribution in [1.29, 1.82) is 0 Å². The minimum atomic E-state index is -0.470. The first-order valence-corrected chi connectivity index (χ1v) is 6.30. The molecule has 20 heavy (non-hydrogen) atoms. The predicted octanol–water partition coefficient (Wildman–Crippen LogP) is 1.72. The fourth-order valence-corrected chi connectivity index (χ4v) is 2.27. The summed E-state index contributed by atoms with van der Waals surface area (Å²) in [5, 5.41) is 7.21. The predicted molar refractivity (Wildman–Crippen MR) is 69.8 cm³/mol. The average molecular weight is 274 g/mol. The molecular weight excluding hydrogens is 260 g/mol. The molecule has 1 unspecified atom stereocenters. The maximum Gasteiger partial charge on any atom is 0.338 e. The van der Waals surface area contributed by atoms with Crippen LogP contribution in [0.5, 0.6) is 0 Å². The molecule has 0 spiro atoms. The molecule has 7 nitrogen and oxygen atoms in total. The van der Waals surface area contributed by atoms with E-state index in [-0.39, 0.29) is 5.97 Å². The van der Waals surface area contributed by atoms with Gasteiger partial charge in [-0.15, -0.1) is 0 Å². The van der Waals surface area contributed by atoms with Crippen LogP contribution in [0.4, 0.5) is 5.95 Å². The number of hydrogen-bond donors (Lipinski definition) is 1. The van der Waals surface area contributed by atoms with Crippen LogP contribution in [0.2, 0.25) is 0 Å². The van der Waals surface area contributed by atoms with Gasteiger partial charge in [-0.3, -0.25) is 0 Å². The van der Waals surface area contributed by atoms with Gasteiger partial charge in [0, 0.05) is 5.70 Å². The van der Waals surface area contributed by atoms with Crippen LogP contribution in [0.25, 0.3) is 0 Å². The Balaban J connectivity index is 2.12. The van der Waals surface area contributed by atoms with E-state index in [1.165, 1.54) is 6.33 Å². The third-order valence-corrected chi connectivity index (χ3v) is 3.10. The molecule has 0 fully saturated rings. The van der Waals surface area contributed by atoms with Gasteiger partial charge in [0.15, 0.2) is 0 Å². The van der Waals surface area contributed by atoms with Crippen molar-refractivity contribution in [2.75, 3.05) is 11.9 Å². The van der Waals surface area contributed by atoms with Crippen molar-refractivity contribution in [3.05, 3.63) is 41.8 Å². The standard InChI is InChI=1S/C13H14N4O3/c1-3-19-12(18)10-8(2)16-13-14-7-15-17(13)11(10)9-5-4-6-20-9/h4-7,11H,3H2,1-2H3,(H,14,15,16). The van der Waals surface area contributed by atoms with Gasteiger partial charge in [0.1, 0.15) is 18.1 Å². The summed E-state index contributed by atoms with van der Waals surface area (Å²) in [6, 6.07) is 3.10. The summed E-state index contributed by atoms with van der Waals surface area (Å²) in [5.74, 6) is 0.789. The number of carbonyl (C=O) groups is 1. The summed E-state index contributed by atoms with van der Waals surface area (Å²) >= 11 is 0. The van der Waals surface area contributed by atoms with Gasteiger partial charge in [-0.2, -0.15) is 10.1 Å². The van der Waals surface area contributed by atoms with Crippen LogP contribution in [-0.4, -0.2) is 27.3 Å². The van der Waals surface area contributed by atoms with Crippen LogP contribution in [0.15, 0.2) is 40.4 Å². The molecule has 2 aromatic rings. The number of aromatic nitrogens is 3. The van der Waals surface area contributed by atoms with Crippen molar-refractivity contribution in [3.8, 4) is 0 Å². The zero-order valence-electron chi connectivity index (χ0n) is 11.2. The van der Waals surface area contributed by atoms with E-state index in [0.29, 0.717) is 29.6 Å².